The third-order valence-corrected chi connectivity index (χ3v) is 4.30. The maximum Gasteiger partial charge on any atom is 0.311 e. The molecule has 1 aromatic heterocycles. The van der Waals surface area contributed by atoms with Gasteiger partial charge in [-0.15, -0.1) is 0 Å². The van der Waals surface area contributed by atoms with Crippen LogP contribution in [0.2, 0.25) is 0 Å². The quantitative estimate of drug-likeness (QED) is 0.352. The molecule has 0 N–H and O–H groups in total. The molecule has 0 unspecified atom stereocenters. The van der Waals surface area contributed by atoms with Gasteiger partial charge in [0.2, 0.25) is 0 Å². The van der Waals surface area contributed by atoms with Crippen LogP contribution in [0, 0.1) is 34.1 Å². The van der Waals surface area contributed by atoms with Crippen LogP contribution < -0.4 is 4.74 Å². The maximum atomic E-state index is 11.2. The lowest BCUT2D eigenvalue weighted by atomic mass is 10.2. The molecule has 2 aromatic carbocycles. The SMILES string of the molecule is COc1ccc(C=Nc2c(C)nn(-c3ccc([N+](=O)[O-])cc3)c2C)cc1[N+](=O)[O-]. The number of aliphatic imine (C=N–C) groups is 1. The largest absolute Gasteiger partial charge is 0.490 e. The molecule has 0 saturated carbocycles. The number of benzene rings is 2. The highest BCUT2D eigenvalue weighted by molar-refractivity contribution is 5.84. The lowest BCUT2D eigenvalue weighted by Crippen LogP contribution is -1.99. The summed E-state index contributed by atoms with van der Waals surface area (Å²) in [7, 11) is 1.37. The van der Waals surface area contributed by atoms with Crippen LogP contribution in [0.5, 0.6) is 5.75 Å². The number of ether oxygens (including phenoxy) is 1. The van der Waals surface area contributed by atoms with Gasteiger partial charge in [-0.1, -0.05) is 0 Å². The first-order chi connectivity index (χ1) is 13.8. The summed E-state index contributed by atoms with van der Waals surface area (Å²) in [4.78, 5) is 25.4. The molecular formula is C19H17N5O5. The number of hydrogen-bond acceptors (Lipinski definition) is 7. The zero-order chi connectivity index (χ0) is 21.1. The molecule has 0 bridgehead atoms. The van der Waals surface area contributed by atoms with Crippen molar-refractivity contribution in [3.8, 4) is 11.4 Å². The van der Waals surface area contributed by atoms with Gasteiger partial charge in [-0.25, -0.2) is 4.68 Å². The molecule has 29 heavy (non-hydrogen) atoms. The highest BCUT2D eigenvalue weighted by Crippen LogP contribution is 2.29. The molecule has 0 amide bonds. The molecule has 10 heteroatoms. The van der Waals surface area contributed by atoms with Crippen molar-refractivity contribution in [2.75, 3.05) is 7.11 Å². The van der Waals surface area contributed by atoms with Crippen LogP contribution >= 0.6 is 0 Å². The minimum absolute atomic E-state index is 0.00498. The van der Waals surface area contributed by atoms with Crippen molar-refractivity contribution in [1.29, 1.82) is 0 Å². The van der Waals surface area contributed by atoms with Crippen molar-refractivity contribution in [3.05, 3.63) is 79.6 Å². The first kappa shape index (κ1) is 19.7. The number of nitro benzene ring substituents is 2. The Labute approximate surface area is 165 Å². The summed E-state index contributed by atoms with van der Waals surface area (Å²) in [5.41, 5.74) is 3.05. The van der Waals surface area contributed by atoms with Gasteiger partial charge >= 0.3 is 5.69 Å². The minimum atomic E-state index is -0.515. The first-order valence-electron chi connectivity index (χ1n) is 8.49. The number of nitro groups is 2. The van der Waals surface area contributed by atoms with Gasteiger partial charge in [-0.3, -0.25) is 25.2 Å². The van der Waals surface area contributed by atoms with Gasteiger partial charge < -0.3 is 4.74 Å². The summed E-state index contributed by atoms with van der Waals surface area (Å²) in [6.45, 7) is 3.61. The average molecular weight is 395 g/mol. The molecule has 148 valence electrons. The topological polar surface area (TPSA) is 126 Å². The molecule has 0 spiro atoms. The Morgan fingerprint density at radius 1 is 1.07 bits per heavy atom. The van der Waals surface area contributed by atoms with Gasteiger partial charge in [0.05, 0.1) is 34.0 Å². The molecule has 1 heterocycles. The molecule has 0 atom stereocenters. The Morgan fingerprint density at radius 3 is 2.34 bits per heavy atom. The Bertz CT molecular complexity index is 1120. The number of rotatable bonds is 6. The van der Waals surface area contributed by atoms with Gasteiger partial charge in [-0.05, 0) is 43.7 Å². The molecule has 0 aliphatic heterocycles. The summed E-state index contributed by atoms with van der Waals surface area (Å²) in [5, 5.41) is 26.4. The zero-order valence-corrected chi connectivity index (χ0v) is 15.9. The highest BCUT2D eigenvalue weighted by Gasteiger charge is 2.16. The Balaban J connectivity index is 1.94. The van der Waals surface area contributed by atoms with Crippen LogP contribution in [0.25, 0.3) is 5.69 Å². The lowest BCUT2D eigenvalue weighted by Gasteiger charge is -2.04. The van der Waals surface area contributed by atoms with E-state index in [0.29, 0.717) is 22.6 Å². The molecule has 10 nitrogen and oxygen atoms in total. The van der Waals surface area contributed by atoms with Gasteiger partial charge in [0.25, 0.3) is 5.69 Å². The van der Waals surface area contributed by atoms with Crippen molar-refractivity contribution in [2.45, 2.75) is 13.8 Å². The van der Waals surface area contributed by atoms with Crippen molar-refractivity contribution in [1.82, 2.24) is 9.78 Å². The van der Waals surface area contributed by atoms with Crippen molar-refractivity contribution in [3.63, 3.8) is 0 Å². The fourth-order valence-corrected chi connectivity index (χ4v) is 2.86. The zero-order valence-electron chi connectivity index (χ0n) is 15.9. The van der Waals surface area contributed by atoms with E-state index in [1.165, 1.54) is 37.6 Å². The molecule has 0 fully saturated rings. The number of nitrogens with zero attached hydrogens (tertiary/aromatic N) is 5. The molecule has 0 aliphatic carbocycles. The monoisotopic (exact) mass is 395 g/mol. The molecule has 3 rings (SSSR count). The van der Waals surface area contributed by atoms with E-state index < -0.39 is 9.85 Å². The van der Waals surface area contributed by atoms with Crippen LogP contribution in [0.15, 0.2) is 47.5 Å². The van der Waals surface area contributed by atoms with E-state index in [0.717, 1.165) is 5.69 Å². The summed E-state index contributed by atoms with van der Waals surface area (Å²) in [6, 6.07) is 10.6. The predicted octanol–water partition coefficient (Wildman–Crippen LogP) is 4.06. The Hall–Kier alpha value is -4.08. The first-order valence-corrected chi connectivity index (χ1v) is 8.49. The van der Waals surface area contributed by atoms with Gasteiger partial charge in [0, 0.05) is 24.4 Å². The van der Waals surface area contributed by atoms with E-state index in [1.54, 1.807) is 29.8 Å². The molecular weight excluding hydrogens is 378 g/mol. The number of methoxy groups -OCH3 is 1. The Morgan fingerprint density at radius 2 is 1.76 bits per heavy atom. The van der Waals surface area contributed by atoms with Gasteiger partial charge in [-0.2, -0.15) is 5.10 Å². The highest BCUT2D eigenvalue weighted by atomic mass is 16.6. The van der Waals surface area contributed by atoms with Crippen LogP contribution in [0.4, 0.5) is 17.1 Å². The fraction of sp³-hybridized carbons (Fsp3) is 0.158. The Kier molecular flexibility index (Phi) is 5.35. The standard InChI is InChI=1S/C19H17N5O5/c1-12-19(20-11-14-4-9-18(29-3)17(10-14)24(27)28)13(2)22(21-12)15-5-7-16(8-6-15)23(25)26/h4-11H,1-3H3. The normalized spacial score (nSPS) is 11.0. The minimum Gasteiger partial charge on any atom is -0.490 e. The molecule has 0 aliphatic rings. The third-order valence-electron chi connectivity index (χ3n) is 4.30. The summed E-state index contributed by atoms with van der Waals surface area (Å²) < 4.78 is 6.64. The molecule has 0 saturated heterocycles. The lowest BCUT2D eigenvalue weighted by molar-refractivity contribution is -0.385. The number of hydrogen-bond donors (Lipinski definition) is 0. The second-order valence-electron chi connectivity index (χ2n) is 6.15. The number of aryl methyl sites for hydroxylation is 1. The number of aromatic nitrogens is 2. The molecule has 0 radical (unpaired) electrons. The maximum absolute atomic E-state index is 11.2. The average Bonchev–Trinajstić information content (AvgIpc) is 2.99. The summed E-state index contributed by atoms with van der Waals surface area (Å²) >= 11 is 0. The van der Waals surface area contributed by atoms with Crippen LogP contribution in [-0.4, -0.2) is 33.0 Å². The third kappa shape index (κ3) is 3.95. The van der Waals surface area contributed by atoms with E-state index in [4.69, 9.17) is 4.74 Å². The van der Waals surface area contributed by atoms with Gasteiger partial charge in [0.1, 0.15) is 5.69 Å². The van der Waals surface area contributed by atoms with E-state index in [1.807, 2.05) is 6.92 Å². The van der Waals surface area contributed by atoms with Crippen LogP contribution in [0.3, 0.4) is 0 Å². The van der Waals surface area contributed by atoms with Crippen LogP contribution in [0.1, 0.15) is 17.0 Å². The van der Waals surface area contributed by atoms with Crippen molar-refractivity contribution in [2.24, 2.45) is 4.99 Å². The van der Waals surface area contributed by atoms with Gasteiger partial charge in [0.15, 0.2) is 5.75 Å². The van der Waals surface area contributed by atoms with E-state index in [9.17, 15) is 20.2 Å². The smallest absolute Gasteiger partial charge is 0.311 e. The predicted molar refractivity (Wildman–Crippen MR) is 107 cm³/mol. The van der Waals surface area contributed by atoms with E-state index in [2.05, 4.69) is 10.1 Å². The van der Waals surface area contributed by atoms with E-state index >= 15 is 0 Å². The van der Waals surface area contributed by atoms with E-state index in [-0.39, 0.29) is 17.1 Å². The number of non-ortho nitro benzene ring substituents is 1. The van der Waals surface area contributed by atoms with Crippen LogP contribution in [-0.2, 0) is 0 Å². The second-order valence-corrected chi connectivity index (χ2v) is 6.15. The molecule has 3 aromatic rings. The van der Waals surface area contributed by atoms with Crippen molar-refractivity contribution >= 4 is 23.3 Å². The fourth-order valence-electron chi connectivity index (χ4n) is 2.86. The summed E-state index contributed by atoms with van der Waals surface area (Å²) in [5.74, 6) is 0.172. The summed E-state index contributed by atoms with van der Waals surface area (Å²) in [6.07, 6.45) is 1.52. The van der Waals surface area contributed by atoms with Crippen molar-refractivity contribution < 1.29 is 14.6 Å². The second kappa shape index (κ2) is 7.89.